The van der Waals surface area contributed by atoms with Crippen molar-refractivity contribution in [3.63, 3.8) is 0 Å². The first-order chi connectivity index (χ1) is 10.1. The normalized spacial score (nSPS) is 26.9. The number of cyclic esters (lactones) is 1. The molecule has 0 aromatic heterocycles. The summed E-state index contributed by atoms with van der Waals surface area (Å²) in [6.45, 7) is 2.21. The molecular weight excluding hydrogens is 292 g/mol. The van der Waals surface area contributed by atoms with E-state index >= 15 is 0 Å². The summed E-state index contributed by atoms with van der Waals surface area (Å²) in [5.41, 5.74) is 0. The average Bonchev–Trinajstić information content (AvgIpc) is 2.73. The van der Waals surface area contributed by atoms with Crippen LogP contribution >= 0.6 is 11.8 Å². The van der Waals surface area contributed by atoms with Gasteiger partial charge >= 0.3 is 5.97 Å². The highest BCUT2D eigenvalue weighted by Crippen LogP contribution is 2.21. The molecule has 0 unspecified atom stereocenters. The zero-order valence-electron chi connectivity index (χ0n) is 12.7. The molecular formula is C15H28O5S. The summed E-state index contributed by atoms with van der Waals surface area (Å²) in [6, 6.07) is 0. The Morgan fingerprint density at radius 2 is 1.76 bits per heavy atom. The van der Waals surface area contributed by atoms with Gasteiger partial charge in [-0.25, -0.2) is 4.79 Å². The smallest absolute Gasteiger partial charge is 0.338 e. The molecule has 1 heterocycles. The number of rotatable bonds is 11. The Morgan fingerprint density at radius 1 is 1.14 bits per heavy atom. The van der Waals surface area contributed by atoms with E-state index in [1.807, 2.05) is 0 Å². The molecule has 0 spiro atoms. The van der Waals surface area contributed by atoms with E-state index in [0.717, 1.165) is 12.2 Å². The lowest BCUT2D eigenvalue weighted by Crippen LogP contribution is -2.39. The standard InChI is InChI=1S/C15H28O5S/c1-2-3-4-5-6-7-8-9-21-10-11(16)14-12(17)13(18)15(19)20-14/h11-14,16-18H,2-10H2,1H3/t11-,12-,13+,14-/m1/s1. The summed E-state index contributed by atoms with van der Waals surface area (Å²) in [5.74, 6) is 0.491. The van der Waals surface area contributed by atoms with Crippen molar-refractivity contribution >= 4 is 17.7 Å². The maximum Gasteiger partial charge on any atom is 0.338 e. The number of carbonyl (C=O) groups is 1. The summed E-state index contributed by atoms with van der Waals surface area (Å²) >= 11 is 1.59. The predicted octanol–water partition coefficient (Wildman–Crippen LogP) is 1.48. The third-order valence-electron chi connectivity index (χ3n) is 3.71. The van der Waals surface area contributed by atoms with Gasteiger partial charge in [-0.15, -0.1) is 0 Å². The number of hydrogen-bond donors (Lipinski definition) is 3. The molecule has 0 aliphatic carbocycles. The number of thioether (sulfide) groups is 1. The fraction of sp³-hybridized carbons (Fsp3) is 0.933. The van der Waals surface area contributed by atoms with Crippen LogP contribution in [0.3, 0.4) is 0 Å². The van der Waals surface area contributed by atoms with Crippen LogP contribution < -0.4 is 0 Å². The van der Waals surface area contributed by atoms with Crippen molar-refractivity contribution in [2.45, 2.75) is 76.3 Å². The first kappa shape index (κ1) is 18.7. The summed E-state index contributed by atoms with van der Waals surface area (Å²) < 4.78 is 4.78. The molecule has 6 heteroatoms. The molecule has 0 aromatic carbocycles. The van der Waals surface area contributed by atoms with E-state index in [2.05, 4.69) is 6.92 Å². The molecule has 0 radical (unpaired) electrons. The van der Waals surface area contributed by atoms with Gasteiger partial charge in [-0.1, -0.05) is 45.4 Å². The van der Waals surface area contributed by atoms with Crippen molar-refractivity contribution in [1.82, 2.24) is 0 Å². The molecule has 0 bridgehead atoms. The topological polar surface area (TPSA) is 87.0 Å². The minimum atomic E-state index is -1.53. The van der Waals surface area contributed by atoms with Gasteiger partial charge in [-0.3, -0.25) is 0 Å². The Balaban J connectivity index is 2.01. The van der Waals surface area contributed by atoms with Crippen molar-refractivity contribution in [3.05, 3.63) is 0 Å². The third kappa shape index (κ3) is 6.55. The second kappa shape index (κ2) is 10.4. The van der Waals surface area contributed by atoms with Crippen LogP contribution in [-0.4, -0.2) is 57.2 Å². The van der Waals surface area contributed by atoms with Gasteiger partial charge in [0, 0.05) is 5.75 Å². The summed E-state index contributed by atoms with van der Waals surface area (Å²) in [7, 11) is 0. The van der Waals surface area contributed by atoms with Crippen LogP contribution in [0.25, 0.3) is 0 Å². The lowest BCUT2D eigenvalue weighted by molar-refractivity contribution is -0.150. The van der Waals surface area contributed by atoms with Crippen molar-refractivity contribution in [2.24, 2.45) is 0 Å². The molecule has 1 aliphatic heterocycles. The molecule has 1 aliphatic rings. The van der Waals surface area contributed by atoms with Gasteiger partial charge < -0.3 is 20.1 Å². The van der Waals surface area contributed by atoms with Gasteiger partial charge in [0.15, 0.2) is 12.2 Å². The van der Waals surface area contributed by atoms with Crippen LogP contribution in [0.4, 0.5) is 0 Å². The summed E-state index contributed by atoms with van der Waals surface area (Å²) in [4.78, 5) is 11.1. The molecule has 0 amide bonds. The van der Waals surface area contributed by atoms with E-state index in [1.165, 1.54) is 38.5 Å². The molecule has 1 rings (SSSR count). The van der Waals surface area contributed by atoms with Crippen LogP contribution in [0, 0.1) is 0 Å². The lowest BCUT2D eigenvalue weighted by atomic mass is 10.1. The average molecular weight is 320 g/mol. The van der Waals surface area contributed by atoms with Crippen molar-refractivity contribution in [1.29, 1.82) is 0 Å². The highest BCUT2D eigenvalue weighted by Gasteiger charge is 2.45. The third-order valence-corrected chi connectivity index (χ3v) is 4.87. The van der Waals surface area contributed by atoms with Gasteiger partial charge in [0.25, 0.3) is 0 Å². The molecule has 0 aromatic rings. The quantitative estimate of drug-likeness (QED) is 0.395. The number of unbranched alkanes of at least 4 members (excludes halogenated alkanes) is 6. The predicted molar refractivity (Wildman–Crippen MR) is 83.2 cm³/mol. The zero-order valence-corrected chi connectivity index (χ0v) is 13.6. The minimum Gasteiger partial charge on any atom is -0.455 e. The lowest BCUT2D eigenvalue weighted by Gasteiger charge is -2.19. The Bertz CT molecular complexity index is 300. The van der Waals surface area contributed by atoms with E-state index in [1.54, 1.807) is 11.8 Å². The second-order valence-corrected chi connectivity index (χ2v) is 6.75. The molecule has 3 N–H and O–H groups in total. The van der Waals surface area contributed by atoms with Gasteiger partial charge in [-0.2, -0.15) is 11.8 Å². The first-order valence-electron chi connectivity index (χ1n) is 7.90. The van der Waals surface area contributed by atoms with Crippen LogP contribution in [0.5, 0.6) is 0 Å². The van der Waals surface area contributed by atoms with Crippen LogP contribution in [-0.2, 0) is 9.53 Å². The SMILES string of the molecule is CCCCCCCCCSC[C@@H](O)[C@H]1OC(=O)[C@@H](O)[C@H]1O. The maximum atomic E-state index is 11.1. The molecule has 1 saturated heterocycles. The number of carbonyl (C=O) groups excluding carboxylic acids is 1. The van der Waals surface area contributed by atoms with Crippen LogP contribution in [0.1, 0.15) is 51.9 Å². The Kier molecular flexibility index (Phi) is 9.31. The molecule has 0 saturated carbocycles. The highest BCUT2D eigenvalue weighted by molar-refractivity contribution is 7.99. The Labute approximate surface area is 131 Å². The monoisotopic (exact) mass is 320 g/mol. The van der Waals surface area contributed by atoms with Crippen LogP contribution in [0.15, 0.2) is 0 Å². The summed E-state index contributed by atoms with van der Waals surface area (Å²) in [5, 5.41) is 28.7. The van der Waals surface area contributed by atoms with E-state index in [-0.39, 0.29) is 0 Å². The number of hydrogen-bond acceptors (Lipinski definition) is 6. The van der Waals surface area contributed by atoms with E-state index in [9.17, 15) is 20.1 Å². The van der Waals surface area contributed by atoms with E-state index in [4.69, 9.17) is 4.74 Å². The van der Waals surface area contributed by atoms with Gasteiger partial charge in [-0.05, 0) is 12.2 Å². The van der Waals surface area contributed by atoms with Gasteiger partial charge in [0.2, 0.25) is 0 Å². The largest absolute Gasteiger partial charge is 0.455 e. The number of ether oxygens (including phenoxy) is 1. The Morgan fingerprint density at radius 3 is 2.33 bits per heavy atom. The maximum absolute atomic E-state index is 11.1. The van der Waals surface area contributed by atoms with Crippen molar-refractivity contribution < 1.29 is 24.9 Å². The van der Waals surface area contributed by atoms with Crippen molar-refractivity contribution in [3.8, 4) is 0 Å². The van der Waals surface area contributed by atoms with Crippen LogP contribution in [0.2, 0.25) is 0 Å². The highest BCUT2D eigenvalue weighted by atomic mass is 32.2. The van der Waals surface area contributed by atoms with E-state index in [0.29, 0.717) is 5.75 Å². The number of aliphatic hydroxyl groups is 3. The van der Waals surface area contributed by atoms with Gasteiger partial charge in [0.1, 0.15) is 12.2 Å². The number of aliphatic hydroxyl groups excluding tert-OH is 3. The fourth-order valence-electron chi connectivity index (χ4n) is 2.36. The summed E-state index contributed by atoms with van der Waals surface area (Å²) in [6.07, 6.45) is 3.96. The zero-order chi connectivity index (χ0) is 15.7. The molecule has 21 heavy (non-hydrogen) atoms. The van der Waals surface area contributed by atoms with E-state index < -0.39 is 30.4 Å². The Hall–Kier alpha value is -0.300. The minimum absolute atomic E-state index is 0.400. The molecule has 5 nitrogen and oxygen atoms in total. The fourth-order valence-corrected chi connectivity index (χ4v) is 3.37. The second-order valence-electron chi connectivity index (χ2n) is 5.60. The van der Waals surface area contributed by atoms with Crippen molar-refractivity contribution in [2.75, 3.05) is 11.5 Å². The first-order valence-corrected chi connectivity index (χ1v) is 9.05. The molecule has 4 atom stereocenters. The number of esters is 1. The molecule has 1 fully saturated rings. The van der Waals surface area contributed by atoms with Gasteiger partial charge in [0.05, 0.1) is 0 Å². The molecule has 124 valence electrons.